The van der Waals surface area contributed by atoms with E-state index >= 15 is 0 Å². The minimum Gasteiger partial charge on any atom is -0.356 e. The third kappa shape index (κ3) is 3.84. The minimum atomic E-state index is 0.127. The van der Waals surface area contributed by atoms with Crippen LogP contribution >= 0.6 is 0 Å². The van der Waals surface area contributed by atoms with E-state index in [0.717, 1.165) is 25.1 Å². The first-order valence-electron chi connectivity index (χ1n) is 6.80. The van der Waals surface area contributed by atoms with Crippen LogP contribution in [0, 0.1) is 6.92 Å². The fourth-order valence-electron chi connectivity index (χ4n) is 2.43. The second-order valence-corrected chi connectivity index (χ2v) is 5.04. The van der Waals surface area contributed by atoms with E-state index in [1.54, 1.807) is 0 Å². The topological polar surface area (TPSA) is 41.1 Å². The zero-order valence-electron chi connectivity index (χ0n) is 11.0. The summed E-state index contributed by atoms with van der Waals surface area (Å²) in [5, 5.41) is 6.44. The lowest BCUT2D eigenvalue weighted by Gasteiger charge is -2.11. The first-order valence-corrected chi connectivity index (χ1v) is 6.80. The molecule has 0 unspecified atom stereocenters. The molecular weight excluding hydrogens is 224 g/mol. The fraction of sp³-hybridized carbons (Fsp3) is 0.533. The molecule has 1 aromatic carbocycles. The Hall–Kier alpha value is -1.35. The molecule has 1 aliphatic rings. The van der Waals surface area contributed by atoms with E-state index in [4.69, 9.17) is 0 Å². The van der Waals surface area contributed by atoms with E-state index in [1.807, 2.05) is 31.2 Å². The molecule has 2 N–H and O–H groups in total. The maximum Gasteiger partial charge on any atom is 0.224 e. The van der Waals surface area contributed by atoms with Crippen molar-refractivity contribution in [3.05, 3.63) is 35.4 Å². The van der Waals surface area contributed by atoms with Crippen LogP contribution in [0.2, 0.25) is 0 Å². The third-order valence-electron chi connectivity index (χ3n) is 3.59. The van der Waals surface area contributed by atoms with Gasteiger partial charge in [-0.05, 0) is 43.9 Å². The van der Waals surface area contributed by atoms with Crippen molar-refractivity contribution in [3.8, 4) is 0 Å². The van der Waals surface area contributed by atoms with Gasteiger partial charge in [0.05, 0.1) is 6.42 Å². The second kappa shape index (κ2) is 6.55. The lowest BCUT2D eigenvalue weighted by Crippen LogP contribution is -2.31. The number of carbonyl (C=O) groups excluding carboxylic acids is 1. The van der Waals surface area contributed by atoms with Crippen molar-refractivity contribution in [3.63, 3.8) is 0 Å². The molecule has 1 amide bonds. The molecule has 0 saturated carbocycles. The largest absolute Gasteiger partial charge is 0.356 e. The quantitative estimate of drug-likeness (QED) is 0.831. The predicted molar refractivity (Wildman–Crippen MR) is 73.5 cm³/mol. The molecule has 0 radical (unpaired) electrons. The van der Waals surface area contributed by atoms with Crippen molar-refractivity contribution < 1.29 is 4.79 Å². The zero-order valence-corrected chi connectivity index (χ0v) is 11.0. The first-order chi connectivity index (χ1) is 8.75. The molecule has 1 aliphatic heterocycles. The summed E-state index contributed by atoms with van der Waals surface area (Å²) in [5.41, 5.74) is 2.30. The van der Waals surface area contributed by atoms with Crippen molar-refractivity contribution in [1.82, 2.24) is 10.6 Å². The lowest BCUT2D eigenvalue weighted by atomic mass is 10.1. The Morgan fingerprint density at radius 2 is 2.28 bits per heavy atom. The van der Waals surface area contributed by atoms with Crippen molar-refractivity contribution >= 4 is 5.91 Å². The van der Waals surface area contributed by atoms with Gasteiger partial charge in [0.1, 0.15) is 0 Å². The Morgan fingerprint density at radius 1 is 1.44 bits per heavy atom. The minimum absolute atomic E-state index is 0.127. The fourth-order valence-corrected chi connectivity index (χ4v) is 2.43. The van der Waals surface area contributed by atoms with Crippen LogP contribution in [-0.4, -0.2) is 25.0 Å². The molecule has 2 rings (SSSR count). The number of rotatable bonds is 5. The first kappa shape index (κ1) is 13.1. The van der Waals surface area contributed by atoms with Crippen molar-refractivity contribution in [2.75, 3.05) is 13.1 Å². The molecule has 1 fully saturated rings. The Kier molecular flexibility index (Phi) is 4.76. The van der Waals surface area contributed by atoms with Crippen LogP contribution in [0.4, 0.5) is 0 Å². The molecule has 18 heavy (non-hydrogen) atoms. The summed E-state index contributed by atoms with van der Waals surface area (Å²) in [6, 6.07) is 8.66. The SMILES string of the molecule is Cc1ccccc1CC(=O)NCC[C@@H]1CCCN1. The Labute approximate surface area is 109 Å². The average molecular weight is 246 g/mol. The number of aryl methyl sites for hydroxylation is 1. The van der Waals surface area contributed by atoms with Crippen molar-refractivity contribution in [2.45, 2.75) is 38.6 Å². The van der Waals surface area contributed by atoms with Crippen LogP contribution in [0.25, 0.3) is 0 Å². The van der Waals surface area contributed by atoms with Gasteiger partial charge in [0.25, 0.3) is 0 Å². The normalized spacial score (nSPS) is 18.8. The van der Waals surface area contributed by atoms with E-state index in [-0.39, 0.29) is 5.91 Å². The van der Waals surface area contributed by atoms with Gasteiger partial charge in [0, 0.05) is 12.6 Å². The molecule has 1 saturated heterocycles. The molecule has 3 heteroatoms. The van der Waals surface area contributed by atoms with Gasteiger partial charge >= 0.3 is 0 Å². The zero-order chi connectivity index (χ0) is 12.8. The summed E-state index contributed by atoms with van der Waals surface area (Å²) in [7, 11) is 0. The smallest absolute Gasteiger partial charge is 0.224 e. The van der Waals surface area contributed by atoms with Gasteiger partial charge < -0.3 is 10.6 Å². The highest BCUT2D eigenvalue weighted by molar-refractivity contribution is 5.78. The van der Waals surface area contributed by atoms with Crippen LogP contribution in [0.3, 0.4) is 0 Å². The Morgan fingerprint density at radius 3 is 3.00 bits per heavy atom. The van der Waals surface area contributed by atoms with Crippen LogP contribution in [0.5, 0.6) is 0 Å². The van der Waals surface area contributed by atoms with Gasteiger partial charge in [-0.15, -0.1) is 0 Å². The second-order valence-electron chi connectivity index (χ2n) is 5.04. The molecule has 1 atom stereocenters. The van der Waals surface area contributed by atoms with E-state index in [1.165, 1.54) is 18.4 Å². The number of hydrogen-bond donors (Lipinski definition) is 2. The number of nitrogens with one attached hydrogen (secondary N) is 2. The van der Waals surface area contributed by atoms with Crippen molar-refractivity contribution in [2.24, 2.45) is 0 Å². The summed E-state index contributed by atoms with van der Waals surface area (Å²) >= 11 is 0. The van der Waals surface area contributed by atoms with Crippen LogP contribution in [0.1, 0.15) is 30.4 Å². The Balaban J connectivity index is 1.70. The van der Waals surface area contributed by atoms with Crippen LogP contribution < -0.4 is 10.6 Å². The van der Waals surface area contributed by atoms with Gasteiger partial charge in [-0.25, -0.2) is 0 Å². The van der Waals surface area contributed by atoms with Crippen molar-refractivity contribution in [1.29, 1.82) is 0 Å². The molecular formula is C15H22N2O. The summed E-state index contributed by atoms with van der Waals surface area (Å²) < 4.78 is 0. The Bertz CT molecular complexity index is 397. The highest BCUT2D eigenvalue weighted by Gasteiger charge is 2.13. The van der Waals surface area contributed by atoms with E-state index < -0.39 is 0 Å². The summed E-state index contributed by atoms with van der Waals surface area (Å²) in [6.45, 7) is 3.95. The predicted octanol–water partition coefficient (Wildman–Crippen LogP) is 1.80. The standard InChI is InChI=1S/C15H22N2O/c1-12-5-2-3-6-13(12)11-15(18)17-10-8-14-7-4-9-16-14/h2-3,5-6,14,16H,4,7-11H2,1H3,(H,17,18)/t14-/m0/s1. The van der Waals surface area contributed by atoms with Gasteiger partial charge in [0.15, 0.2) is 0 Å². The third-order valence-corrected chi connectivity index (χ3v) is 3.59. The summed E-state index contributed by atoms with van der Waals surface area (Å²) in [5.74, 6) is 0.127. The number of benzene rings is 1. The summed E-state index contributed by atoms with van der Waals surface area (Å²) in [4.78, 5) is 11.8. The molecule has 3 nitrogen and oxygen atoms in total. The highest BCUT2D eigenvalue weighted by atomic mass is 16.1. The molecule has 0 bridgehead atoms. The van der Waals surface area contributed by atoms with Gasteiger partial charge in [-0.3, -0.25) is 4.79 Å². The lowest BCUT2D eigenvalue weighted by molar-refractivity contribution is -0.120. The monoisotopic (exact) mass is 246 g/mol. The van der Waals surface area contributed by atoms with Crippen LogP contribution in [-0.2, 0) is 11.2 Å². The molecule has 1 heterocycles. The average Bonchev–Trinajstić information content (AvgIpc) is 2.85. The van der Waals surface area contributed by atoms with Gasteiger partial charge in [0.2, 0.25) is 5.91 Å². The number of hydrogen-bond acceptors (Lipinski definition) is 2. The van der Waals surface area contributed by atoms with E-state index in [9.17, 15) is 4.79 Å². The van der Waals surface area contributed by atoms with E-state index in [0.29, 0.717) is 12.5 Å². The van der Waals surface area contributed by atoms with E-state index in [2.05, 4.69) is 10.6 Å². The molecule has 0 spiro atoms. The molecule has 1 aromatic rings. The maximum atomic E-state index is 11.8. The van der Waals surface area contributed by atoms with Gasteiger partial charge in [-0.2, -0.15) is 0 Å². The summed E-state index contributed by atoms with van der Waals surface area (Å²) in [6.07, 6.45) is 4.04. The van der Waals surface area contributed by atoms with Gasteiger partial charge in [-0.1, -0.05) is 24.3 Å². The van der Waals surface area contributed by atoms with Crippen LogP contribution in [0.15, 0.2) is 24.3 Å². The molecule has 0 aliphatic carbocycles. The number of amides is 1. The highest BCUT2D eigenvalue weighted by Crippen LogP contribution is 2.09. The molecule has 98 valence electrons. The molecule has 0 aromatic heterocycles. The maximum absolute atomic E-state index is 11.8. The number of carbonyl (C=O) groups is 1.